The van der Waals surface area contributed by atoms with Crippen LogP contribution in [-0.2, 0) is 0 Å². The normalized spacial score (nSPS) is 30.5. The molecule has 1 heterocycles. The summed E-state index contributed by atoms with van der Waals surface area (Å²) in [5.74, 6) is 1.23. The monoisotopic (exact) mass is 252 g/mol. The molecule has 0 unspecified atom stereocenters. The van der Waals surface area contributed by atoms with E-state index in [1.165, 1.54) is 68.7 Å². The topological polar surface area (TPSA) is 24.4 Å². The van der Waals surface area contributed by atoms with Crippen LogP contribution in [0.25, 0.3) is 0 Å². The largest absolute Gasteiger partial charge is 0.360 e. The minimum absolute atomic E-state index is 0.328. The maximum Gasteiger partial charge on any atom is 0.157 e. The number of hydrogen-bond donors (Lipinski definition) is 1. The van der Waals surface area contributed by atoms with Crippen molar-refractivity contribution in [1.82, 2.24) is 5.32 Å². The summed E-state index contributed by atoms with van der Waals surface area (Å²) >= 11 is 1.97. The van der Waals surface area contributed by atoms with Gasteiger partial charge in [0, 0.05) is 11.3 Å². The molecule has 2 fully saturated rings. The van der Waals surface area contributed by atoms with E-state index in [1.54, 1.807) is 0 Å². The zero-order valence-electron chi connectivity index (χ0n) is 10.9. The van der Waals surface area contributed by atoms with Gasteiger partial charge in [-0.1, -0.05) is 43.9 Å². The highest BCUT2D eigenvalue weighted by Crippen LogP contribution is 2.41. The molecule has 3 heteroatoms. The van der Waals surface area contributed by atoms with Gasteiger partial charge >= 0.3 is 0 Å². The molecule has 1 aliphatic heterocycles. The van der Waals surface area contributed by atoms with Crippen LogP contribution in [-0.4, -0.2) is 22.0 Å². The highest BCUT2D eigenvalue weighted by molar-refractivity contribution is 8.14. The van der Waals surface area contributed by atoms with E-state index in [1.807, 2.05) is 11.8 Å². The molecule has 96 valence electrons. The van der Waals surface area contributed by atoms with Gasteiger partial charge in [-0.05, 0) is 32.6 Å². The molecule has 0 radical (unpaired) electrons. The predicted octanol–water partition coefficient (Wildman–Crippen LogP) is 3.71. The number of rotatable bonds is 1. The first-order valence-electron chi connectivity index (χ1n) is 7.21. The van der Waals surface area contributed by atoms with Crippen LogP contribution in [0.2, 0.25) is 0 Å². The van der Waals surface area contributed by atoms with Crippen molar-refractivity contribution in [3.63, 3.8) is 0 Å². The Balaban J connectivity index is 1.65. The second-order valence-corrected chi connectivity index (χ2v) is 7.35. The van der Waals surface area contributed by atoms with Crippen LogP contribution in [0.5, 0.6) is 0 Å². The molecule has 2 saturated carbocycles. The minimum atomic E-state index is 0.328. The first-order chi connectivity index (χ1) is 8.20. The van der Waals surface area contributed by atoms with Crippen molar-refractivity contribution in [2.75, 3.05) is 5.75 Å². The second kappa shape index (κ2) is 4.49. The van der Waals surface area contributed by atoms with Crippen LogP contribution in [0.15, 0.2) is 4.99 Å². The third-order valence-corrected chi connectivity index (χ3v) is 5.86. The Morgan fingerprint density at radius 3 is 2.35 bits per heavy atom. The van der Waals surface area contributed by atoms with Crippen molar-refractivity contribution < 1.29 is 0 Å². The van der Waals surface area contributed by atoms with E-state index in [9.17, 15) is 0 Å². The lowest BCUT2D eigenvalue weighted by atomic mass is 9.83. The molecule has 1 N–H and O–H groups in total. The molecule has 0 amide bonds. The van der Waals surface area contributed by atoms with Crippen LogP contribution < -0.4 is 5.32 Å². The van der Waals surface area contributed by atoms with Gasteiger partial charge in [0.25, 0.3) is 0 Å². The smallest absolute Gasteiger partial charge is 0.157 e. The van der Waals surface area contributed by atoms with E-state index in [-0.39, 0.29) is 0 Å². The zero-order valence-corrected chi connectivity index (χ0v) is 11.7. The van der Waals surface area contributed by atoms with Gasteiger partial charge in [0.15, 0.2) is 5.17 Å². The van der Waals surface area contributed by atoms with E-state index < -0.39 is 0 Å². The number of aliphatic imine (C=N–C) groups is 1. The third-order valence-electron chi connectivity index (χ3n) is 4.72. The Hall–Kier alpha value is -0.180. The molecule has 1 spiro atoms. The van der Waals surface area contributed by atoms with Gasteiger partial charge in [-0.25, -0.2) is 0 Å². The van der Waals surface area contributed by atoms with Crippen molar-refractivity contribution >= 4 is 16.9 Å². The van der Waals surface area contributed by atoms with Crippen molar-refractivity contribution in [2.45, 2.75) is 75.8 Å². The maximum absolute atomic E-state index is 5.03. The van der Waals surface area contributed by atoms with Gasteiger partial charge in [-0.2, -0.15) is 0 Å². The SMILES string of the molecule is CC1(NC2=NC3(CCCC3)CS2)CCCCC1. The minimum Gasteiger partial charge on any atom is -0.360 e. The molecule has 17 heavy (non-hydrogen) atoms. The molecule has 3 aliphatic rings. The molecule has 0 aromatic rings. The number of nitrogens with zero attached hydrogens (tertiary/aromatic N) is 1. The molecule has 0 aromatic heterocycles. The molecule has 3 rings (SSSR count). The highest BCUT2D eigenvalue weighted by atomic mass is 32.2. The lowest BCUT2D eigenvalue weighted by Gasteiger charge is -2.35. The molecule has 2 aliphatic carbocycles. The van der Waals surface area contributed by atoms with Gasteiger partial charge in [0.05, 0.1) is 5.54 Å². The van der Waals surface area contributed by atoms with Crippen LogP contribution in [0, 0.1) is 0 Å². The highest BCUT2D eigenvalue weighted by Gasteiger charge is 2.39. The van der Waals surface area contributed by atoms with Gasteiger partial charge in [0.1, 0.15) is 0 Å². The van der Waals surface area contributed by atoms with Gasteiger partial charge in [0.2, 0.25) is 0 Å². The summed E-state index contributed by atoms with van der Waals surface area (Å²) < 4.78 is 0. The van der Waals surface area contributed by atoms with Crippen LogP contribution in [0.1, 0.15) is 64.7 Å². The first kappa shape index (κ1) is 11.9. The van der Waals surface area contributed by atoms with Crippen LogP contribution >= 0.6 is 11.8 Å². The van der Waals surface area contributed by atoms with E-state index in [2.05, 4.69) is 12.2 Å². The summed E-state index contributed by atoms with van der Waals surface area (Å²) in [6, 6.07) is 0. The first-order valence-corrected chi connectivity index (χ1v) is 8.19. The number of amidine groups is 1. The van der Waals surface area contributed by atoms with Gasteiger partial charge < -0.3 is 5.32 Å². The van der Waals surface area contributed by atoms with Crippen molar-refractivity contribution in [3.05, 3.63) is 0 Å². The Morgan fingerprint density at radius 2 is 1.65 bits per heavy atom. The van der Waals surface area contributed by atoms with Crippen LogP contribution in [0.3, 0.4) is 0 Å². The lowest BCUT2D eigenvalue weighted by molar-refractivity contribution is 0.292. The molecule has 0 saturated heterocycles. The standard InChI is InChI=1S/C14H24N2S/c1-13(7-3-2-4-8-13)15-12-16-14(11-17-12)9-5-6-10-14/h2-11H2,1H3,(H,15,16). The Kier molecular flexibility index (Phi) is 3.14. The fourth-order valence-corrected chi connectivity index (χ4v) is 4.89. The summed E-state index contributed by atoms with van der Waals surface area (Å²) in [5.41, 5.74) is 0.659. The van der Waals surface area contributed by atoms with E-state index in [0.717, 1.165) is 0 Å². The molecular formula is C14H24N2S. The summed E-state index contributed by atoms with van der Waals surface area (Å²) in [5, 5.41) is 5.00. The predicted molar refractivity (Wildman–Crippen MR) is 75.7 cm³/mol. The molecule has 0 atom stereocenters. The molecule has 0 aromatic carbocycles. The maximum atomic E-state index is 5.03. The average Bonchev–Trinajstić information content (AvgIpc) is 2.91. The van der Waals surface area contributed by atoms with Gasteiger partial charge in [-0.3, -0.25) is 4.99 Å². The van der Waals surface area contributed by atoms with E-state index in [0.29, 0.717) is 11.1 Å². The summed E-state index contributed by atoms with van der Waals surface area (Å²) in [7, 11) is 0. The third kappa shape index (κ3) is 2.49. The van der Waals surface area contributed by atoms with Gasteiger partial charge in [-0.15, -0.1) is 0 Å². The Labute approximate surface area is 109 Å². The van der Waals surface area contributed by atoms with E-state index in [4.69, 9.17) is 4.99 Å². The fraction of sp³-hybridized carbons (Fsp3) is 0.929. The fourth-order valence-electron chi connectivity index (χ4n) is 3.55. The van der Waals surface area contributed by atoms with Crippen molar-refractivity contribution in [2.24, 2.45) is 4.99 Å². The molecule has 2 nitrogen and oxygen atoms in total. The molecular weight excluding hydrogens is 228 g/mol. The van der Waals surface area contributed by atoms with Crippen molar-refractivity contribution in [1.29, 1.82) is 0 Å². The zero-order chi connectivity index (χ0) is 11.8. The Morgan fingerprint density at radius 1 is 1.00 bits per heavy atom. The molecule has 0 bridgehead atoms. The summed E-state index contributed by atoms with van der Waals surface area (Å²) in [6.07, 6.45) is 12.2. The average molecular weight is 252 g/mol. The summed E-state index contributed by atoms with van der Waals surface area (Å²) in [4.78, 5) is 5.03. The number of nitrogens with one attached hydrogen (secondary N) is 1. The van der Waals surface area contributed by atoms with E-state index >= 15 is 0 Å². The second-order valence-electron chi connectivity index (χ2n) is 6.38. The number of thioether (sulfide) groups is 1. The Bertz CT molecular complexity index is 312. The summed E-state index contributed by atoms with van der Waals surface area (Å²) in [6.45, 7) is 2.38. The quantitative estimate of drug-likeness (QED) is 0.769. The van der Waals surface area contributed by atoms with Crippen molar-refractivity contribution in [3.8, 4) is 0 Å². The van der Waals surface area contributed by atoms with Crippen LogP contribution in [0.4, 0.5) is 0 Å². The lowest BCUT2D eigenvalue weighted by Crippen LogP contribution is -2.46. The number of hydrogen-bond acceptors (Lipinski definition) is 3.